The number of alkyl halides is 2. The zero-order valence-corrected chi connectivity index (χ0v) is 8.84. The van der Waals surface area contributed by atoms with Gasteiger partial charge in [-0.15, -0.1) is 0 Å². The summed E-state index contributed by atoms with van der Waals surface area (Å²) in [5, 5.41) is 9.40. The van der Waals surface area contributed by atoms with Crippen LogP contribution in [0.15, 0.2) is 22.7 Å². The summed E-state index contributed by atoms with van der Waals surface area (Å²) in [6.07, 6.45) is -3.64. The van der Waals surface area contributed by atoms with E-state index in [4.69, 9.17) is 5.73 Å². The smallest absolute Gasteiger partial charge is 0.264 e. The average molecular weight is 266 g/mol. The van der Waals surface area contributed by atoms with E-state index in [1.54, 1.807) is 0 Å². The third-order valence-corrected chi connectivity index (χ3v) is 2.36. The highest BCUT2D eigenvalue weighted by molar-refractivity contribution is 9.10. The molecule has 3 N–H and O–H groups in total. The van der Waals surface area contributed by atoms with Gasteiger partial charge in [-0.05, 0) is 17.7 Å². The molecule has 1 atom stereocenters. The molecule has 0 saturated heterocycles. The van der Waals surface area contributed by atoms with Crippen molar-refractivity contribution in [1.29, 1.82) is 0 Å². The molecule has 0 heterocycles. The van der Waals surface area contributed by atoms with Gasteiger partial charge < -0.3 is 10.8 Å². The Balaban J connectivity index is 3.15. The Morgan fingerprint density at radius 1 is 1.36 bits per heavy atom. The minimum absolute atomic E-state index is 0.0732. The SMILES string of the molecule is NCC(O)c1cc(Br)ccc1C(F)F. The zero-order valence-electron chi connectivity index (χ0n) is 7.25. The molecule has 78 valence electrons. The fourth-order valence-corrected chi connectivity index (χ4v) is 1.54. The molecule has 5 heteroatoms. The van der Waals surface area contributed by atoms with E-state index in [-0.39, 0.29) is 17.7 Å². The van der Waals surface area contributed by atoms with E-state index in [2.05, 4.69) is 15.9 Å². The third-order valence-electron chi connectivity index (χ3n) is 1.87. The lowest BCUT2D eigenvalue weighted by atomic mass is 10.0. The molecule has 0 fully saturated rings. The summed E-state index contributed by atoms with van der Waals surface area (Å²) >= 11 is 3.15. The van der Waals surface area contributed by atoms with Crippen molar-refractivity contribution in [3.63, 3.8) is 0 Å². The second kappa shape index (κ2) is 4.82. The number of hydrogen-bond acceptors (Lipinski definition) is 2. The van der Waals surface area contributed by atoms with Gasteiger partial charge in [-0.3, -0.25) is 0 Å². The molecule has 0 amide bonds. The van der Waals surface area contributed by atoms with Gasteiger partial charge in [0.1, 0.15) is 0 Å². The molecule has 1 aromatic rings. The Bertz CT molecular complexity index is 320. The lowest BCUT2D eigenvalue weighted by Crippen LogP contribution is -2.13. The first-order valence-electron chi connectivity index (χ1n) is 4.02. The van der Waals surface area contributed by atoms with Crippen molar-refractivity contribution in [3.8, 4) is 0 Å². The van der Waals surface area contributed by atoms with E-state index < -0.39 is 12.5 Å². The van der Waals surface area contributed by atoms with E-state index in [1.807, 2.05) is 0 Å². The minimum atomic E-state index is -2.60. The average Bonchev–Trinajstić information content (AvgIpc) is 2.16. The number of aliphatic hydroxyl groups is 1. The Morgan fingerprint density at radius 2 is 2.00 bits per heavy atom. The van der Waals surface area contributed by atoms with Gasteiger partial charge in [0.2, 0.25) is 0 Å². The fraction of sp³-hybridized carbons (Fsp3) is 0.333. The van der Waals surface area contributed by atoms with Crippen LogP contribution < -0.4 is 5.73 Å². The highest BCUT2D eigenvalue weighted by atomic mass is 79.9. The fourth-order valence-electron chi connectivity index (χ4n) is 1.16. The van der Waals surface area contributed by atoms with Crippen LogP contribution in [0.5, 0.6) is 0 Å². The monoisotopic (exact) mass is 265 g/mol. The molecule has 0 saturated carbocycles. The standard InChI is InChI=1S/C9H10BrF2NO/c10-5-1-2-6(9(11)12)7(3-5)8(14)4-13/h1-3,8-9,14H,4,13H2. The summed E-state index contributed by atoms with van der Waals surface area (Å²) in [5.74, 6) is 0. The predicted octanol–water partition coefficient (Wildman–Crippen LogP) is 2.38. The van der Waals surface area contributed by atoms with Crippen LogP contribution in [0.3, 0.4) is 0 Å². The van der Waals surface area contributed by atoms with Crippen molar-refractivity contribution in [3.05, 3.63) is 33.8 Å². The summed E-state index contributed by atoms with van der Waals surface area (Å²) in [6, 6.07) is 4.25. The maximum absolute atomic E-state index is 12.5. The predicted molar refractivity (Wildman–Crippen MR) is 53.1 cm³/mol. The van der Waals surface area contributed by atoms with E-state index in [0.29, 0.717) is 4.47 Å². The van der Waals surface area contributed by atoms with Crippen molar-refractivity contribution in [2.24, 2.45) is 5.73 Å². The molecule has 0 aliphatic heterocycles. The van der Waals surface area contributed by atoms with Gasteiger partial charge in [0.05, 0.1) is 6.10 Å². The van der Waals surface area contributed by atoms with Gasteiger partial charge >= 0.3 is 0 Å². The Kier molecular flexibility index (Phi) is 3.97. The van der Waals surface area contributed by atoms with Crippen LogP contribution in [-0.2, 0) is 0 Å². The second-order valence-electron chi connectivity index (χ2n) is 2.83. The van der Waals surface area contributed by atoms with Crippen molar-refractivity contribution < 1.29 is 13.9 Å². The van der Waals surface area contributed by atoms with Crippen molar-refractivity contribution in [2.75, 3.05) is 6.54 Å². The quantitative estimate of drug-likeness (QED) is 0.882. The minimum Gasteiger partial charge on any atom is -0.387 e. The topological polar surface area (TPSA) is 46.2 Å². The van der Waals surface area contributed by atoms with E-state index >= 15 is 0 Å². The molecular weight excluding hydrogens is 256 g/mol. The molecule has 0 radical (unpaired) electrons. The number of benzene rings is 1. The number of nitrogens with two attached hydrogens (primary N) is 1. The maximum atomic E-state index is 12.5. The van der Waals surface area contributed by atoms with Gasteiger partial charge in [-0.25, -0.2) is 8.78 Å². The lowest BCUT2D eigenvalue weighted by Gasteiger charge is -2.13. The molecule has 0 spiro atoms. The summed E-state index contributed by atoms with van der Waals surface area (Å²) < 4.78 is 25.6. The molecular formula is C9H10BrF2NO. The molecule has 1 aromatic carbocycles. The van der Waals surface area contributed by atoms with Crippen molar-refractivity contribution >= 4 is 15.9 Å². The van der Waals surface area contributed by atoms with Crippen molar-refractivity contribution in [1.82, 2.24) is 0 Å². The van der Waals surface area contributed by atoms with Gasteiger partial charge in [-0.1, -0.05) is 22.0 Å². The van der Waals surface area contributed by atoms with Crippen LogP contribution in [0.25, 0.3) is 0 Å². The van der Waals surface area contributed by atoms with E-state index in [9.17, 15) is 13.9 Å². The molecule has 0 bridgehead atoms. The Labute approximate surface area is 88.9 Å². The third kappa shape index (κ3) is 2.50. The highest BCUT2D eigenvalue weighted by Gasteiger charge is 2.17. The zero-order chi connectivity index (χ0) is 10.7. The molecule has 14 heavy (non-hydrogen) atoms. The summed E-state index contributed by atoms with van der Waals surface area (Å²) in [7, 11) is 0. The number of halogens is 3. The maximum Gasteiger partial charge on any atom is 0.264 e. The van der Waals surface area contributed by atoms with Gasteiger partial charge in [0.25, 0.3) is 6.43 Å². The van der Waals surface area contributed by atoms with Crippen LogP contribution >= 0.6 is 15.9 Å². The van der Waals surface area contributed by atoms with E-state index in [1.165, 1.54) is 18.2 Å². The highest BCUT2D eigenvalue weighted by Crippen LogP contribution is 2.29. The van der Waals surface area contributed by atoms with Crippen LogP contribution in [0.2, 0.25) is 0 Å². The van der Waals surface area contributed by atoms with Crippen LogP contribution in [0.1, 0.15) is 23.7 Å². The molecule has 1 unspecified atom stereocenters. The van der Waals surface area contributed by atoms with Crippen LogP contribution in [-0.4, -0.2) is 11.7 Å². The van der Waals surface area contributed by atoms with Crippen LogP contribution in [0, 0.1) is 0 Å². The first-order valence-corrected chi connectivity index (χ1v) is 4.81. The molecule has 0 aliphatic rings. The lowest BCUT2D eigenvalue weighted by molar-refractivity contribution is 0.138. The molecule has 0 aliphatic carbocycles. The van der Waals surface area contributed by atoms with Gasteiger partial charge in [0.15, 0.2) is 0 Å². The Hall–Kier alpha value is -0.520. The van der Waals surface area contributed by atoms with Crippen molar-refractivity contribution in [2.45, 2.75) is 12.5 Å². The first kappa shape index (κ1) is 11.6. The Morgan fingerprint density at radius 3 is 2.50 bits per heavy atom. The van der Waals surface area contributed by atoms with Crippen LogP contribution in [0.4, 0.5) is 8.78 Å². The normalized spacial score (nSPS) is 13.3. The van der Waals surface area contributed by atoms with E-state index in [0.717, 1.165) is 0 Å². The number of aliphatic hydroxyl groups excluding tert-OH is 1. The molecule has 2 nitrogen and oxygen atoms in total. The molecule has 1 rings (SSSR count). The molecule has 0 aromatic heterocycles. The summed E-state index contributed by atoms with van der Waals surface area (Å²) in [4.78, 5) is 0. The summed E-state index contributed by atoms with van der Waals surface area (Å²) in [5.41, 5.74) is 5.22. The summed E-state index contributed by atoms with van der Waals surface area (Å²) in [6.45, 7) is -0.0732. The largest absolute Gasteiger partial charge is 0.387 e. The number of hydrogen-bond donors (Lipinski definition) is 2. The number of rotatable bonds is 3. The second-order valence-corrected chi connectivity index (χ2v) is 3.74. The van der Waals surface area contributed by atoms with Gasteiger partial charge in [0, 0.05) is 16.6 Å². The van der Waals surface area contributed by atoms with Gasteiger partial charge in [-0.2, -0.15) is 0 Å². The first-order chi connectivity index (χ1) is 6.56.